The van der Waals surface area contributed by atoms with Gasteiger partial charge in [0, 0.05) is 23.8 Å². The Bertz CT molecular complexity index is 649. The van der Waals surface area contributed by atoms with Crippen molar-refractivity contribution in [2.75, 3.05) is 7.11 Å². The lowest BCUT2D eigenvalue weighted by atomic mass is 9.84. The smallest absolute Gasteiger partial charge is 0.340 e. The molecular weight excluding hydrogens is 288 g/mol. The second kappa shape index (κ2) is 4.78. The molecule has 2 aliphatic heterocycles. The molecule has 0 amide bonds. The number of ether oxygens (including phenoxy) is 3. The molecule has 1 aromatic carbocycles. The largest absolute Gasteiger partial charge is 0.504 e. The van der Waals surface area contributed by atoms with Gasteiger partial charge in [-0.05, 0) is 33.6 Å². The first-order chi connectivity index (χ1) is 10.3. The van der Waals surface area contributed by atoms with Gasteiger partial charge in [0.1, 0.15) is 11.7 Å². The molecule has 0 fully saturated rings. The summed E-state index contributed by atoms with van der Waals surface area (Å²) < 4.78 is 16.3. The van der Waals surface area contributed by atoms with Gasteiger partial charge in [-0.1, -0.05) is 0 Å². The van der Waals surface area contributed by atoms with E-state index in [0.29, 0.717) is 23.1 Å². The van der Waals surface area contributed by atoms with Gasteiger partial charge in [-0.2, -0.15) is 0 Å². The van der Waals surface area contributed by atoms with Crippen LogP contribution in [-0.4, -0.2) is 28.9 Å². The second-order valence-electron chi connectivity index (χ2n) is 6.39. The Morgan fingerprint density at radius 3 is 2.55 bits per heavy atom. The van der Waals surface area contributed by atoms with Crippen molar-refractivity contribution < 1.29 is 29.2 Å². The van der Waals surface area contributed by atoms with Crippen molar-refractivity contribution in [2.24, 2.45) is 0 Å². The number of benzene rings is 1. The molecule has 6 heteroatoms. The standard InChI is InChI=1S/C16H20O6/c1-7-9-10(14(20-4)15(19)21-7)8-5-6-16(2,3)22-13(8)12(18)11(9)17/h7,14,17-18H,5-6H2,1-4H3/t7-,14+/m1/s1. The predicted molar refractivity (Wildman–Crippen MR) is 77.1 cm³/mol. The van der Waals surface area contributed by atoms with Crippen LogP contribution >= 0.6 is 0 Å². The molecule has 1 aromatic rings. The van der Waals surface area contributed by atoms with Crippen LogP contribution in [0.1, 0.15) is 56.1 Å². The Hall–Kier alpha value is -1.95. The molecule has 0 saturated carbocycles. The van der Waals surface area contributed by atoms with E-state index in [0.717, 1.165) is 6.42 Å². The number of methoxy groups -OCH3 is 1. The number of phenols is 2. The number of phenolic OH excluding ortho intramolecular Hbond substituents is 2. The molecule has 0 saturated heterocycles. The van der Waals surface area contributed by atoms with Gasteiger partial charge in [-0.3, -0.25) is 0 Å². The third-order valence-electron chi connectivity index (χ3n) is 4.35. The highest BCUT2D eigenvalue weighted by Gasteiger charge is 2.43. The minimum absolute atomic E-state index is 0.233. The normalized spacial score (nSPS) is 25.7. The van der Waals surface area contributed by atoms with Gasteiger partial charge in [0.25, 0.3) is 0 Å². The number of fused-ring (bicyclic) bond motifs is 3. The van der Waals surface area contributed by atoms with Crippen LogP contribution in [0, 0.1) is 0 Å². The first-order valence-electron chi connectivity index (χ1n) is 7.29. The molecule has 0 aromatic heterocycles. The molecule has 6 nitrogen and oxygen atoms in total. The minimum atomic E-state index is -0.920. The van der Waals surface area contributed by atoms with E-state index in [1.807, 2.05) is 13.8 Å². The Kier molecular flexibility index (Phi) is 3.25. The molecule has 2 aliphatic rings. The van der Waals surface area contributed by atoms with E-state index < -0.39 is 23.8 Å². The number of esters is 1. The highest BCUT2D eigenvalue weighted by Crippen LogP contribution is 2.54. The van der Waals surface area contributed by atoms with Crippen LogP contribution in [0.15, 0.2) is 0 Å². The SMILES string of the molecule is CO[C@@H]1C(=O)O[C@H](C)c2c(O)c(O)c3c(c21)CCC(C)(C)O3. The Morgan fingerprint density at radius 1 is 1.23 bits per heavy atom. The fourth-order valence-electron chi connectivity index (χ4n) is 3.24. The van der Waals surface area contributed by atoms with Crippen molar-refractivity contribution in [3.05, 3.63) is 16.7 Å². The molecule has 22 heavy (non-hydrogen) atoms. The third-order valence-corrected chi connectivity index (χ3v) is 4.35. The van der Waals surface area contributed by atoms with E-state index in [4.69, 9.17) is 14.2 Å². The van der Waals surface area contributed by atoms with Gasteiger partial charge in [0.2, 0.25) is 5.75 Å². The molecule has 2 heterocycles. The van der Waals surface area contributed by atoms with E-state index in [2.05, 4.69) is 0 Å². The lowest BCUT2D eigenvalue weighted by Crippen LogP contribution is -2.35. The van der Waals surface area contributed by atoms with E-state index in [-0.39, 0.29) is 17.2 Å². The van der Waals surface area contributed by atoms with Gasteiger partial charge in [0.05, 0.1) is 0 Å². The fraction of sp³-hybridized carbons (Fsp3) is 0.562. The Labute approximate surface area is 128 Å². The van der Waals surface area contributed by atoms with Crippen LogP contribution < -0.4 is 4.74 Å². The molecule has 0 aliphatic carbocycles. The van der Waals surface area contributed by atoms with E-state index in [9.17, 15) is 15.0 Å². The summed E-state index contributed by atoms with van der Waals surface area (Å²) in [6.07, 6.45) is -0.217. The molecule has 0 spiro atoms. The lowest BCUT2D eigenvalue weighted by Gasteiger charge is -2.38. The number of cyclic esters (lactones) is 1. The molecule has 0 bridgehead atoms. The zero-order valence-corrected chi connectivity index (χ0v) is 13.1. The van der Waals surface area contributed by atoms with E-state index in [1.54, 1.807) is 6.92 Å². The quantitative estimate of drug-likeness (QED) is 0.612. The molecule has 0 unspecified atom stereocenters. The van der Waals surface area contributed by atoms with Crippen LogP contribution in [0.5, 0.6) is 17.2 Å². The number of hydrogen-bond donors (Lipinski definition) is 2. The van der Waals surface area contributed by atoms with E-state index in [1.165, 1.54) is 7.11 Å². The predicted octanol–water partition coefficient (Wildman–Crippen LogP) is 2.51. The maximum atomic E-state index is 12.1. The van der Waals surface area contributed by atoms with Crippen LogP contribution in [-0.2, 0) is 20.7 Å². The van der Waals surface area contributed by atoms with Gasteiger partial charge in [-0.15, -0.1) is 0 Å². The average molecular weight is 308 g/mol. The lowest BCUT2D eigenvalue weighted by molar-refractivity contribution is -0.164. The third kappa shape index (κ3) is 2.01. The summed E-state index contributed by atoms with van der Waals surface area (Å²) in [5.74, 6) is -0.884. The van der Waals surface area contributed by atoms with Crippen molar-refractivity contribution in [1.82, 2.24) is 0 Å². The highest BCUT2D eigenvalue weighted by molar-refractivity contribution is 5.82. The Morgan fingerprint density at radius 2 is 1.91 bits per heavy atom. The fourth-order valence-corrected chi connectivity index (χ4v) is 3.24. The first kappa shape index (κ1) is 15.0. The molecule has 120 valence electrons. The zero-order valence-electron chi connectivity index (χ0n) is 13.1. The minimum Gasteiger partial charge on any atom is -0.504 e. The van der Waals surface area contributed by atoms with Crippen LogP contribution in [0.3, 0.4) is 0 Å². The zero-order chi connectivity index (χ0) is 16.2. The summed E-state index contributed by atoms with van der Waals surface area (Å²) in [5.41, 5.74) is 1.21. The molecule has 2 atom stereocenters. The molecular formula is C16H20O6. The summed E-state index contributed by atoms with van der Waals surface area (Å²) in [6.45, 7) is 5.48. The number of carbonyl (C=O) groups excluding carboxylic acids is 1. The van der Waals surface area contributed by atoms with Crippen molar-refractivity contribution in [1.29, 1.82) is 0 Å². The summed E-state index contributed by atoms with van der Waals surface area (Å²) in [5, 5.41) is 20.7. The van der Waals surface area contributed by atoms with Crippen molar-refractivity contribution in [3.8, 4) is 17.2 Å². The highest BCUT2D eigenvalue weighted by atomic mass is 16.6. The average Bonchev–Trinajstić information content (AvgIpc) is 2.43. The number of aromatic hydroxyl groups is 2. The summed E-state index contributed by atoms with van der Waals surface area (Å²) in [6, 6.07) is 0. The maximum Gasteiger partial charge on any atom is 0.340 e. The van der Waals surface area contributed by atoms with Crippen molar-refractivity contribution >= 4 is 5.97 Å². The van der Waals surface area contributed by atoms with Gasteiger partial charge >= 0.3 is 5.97 Å². The van der Waals surface area contributed by atoms with Crippen LogP contribution in [0.2, 0.25) is 0 Å². The summed E-state index contributed by atoms with van der Waals surface area (Å²) in [4.78, 5) is 12.1. The van der Waals surface area contributed by atoms with E-state index >= 15 is 0 Å². The first-order valence-corrected chi connectivity index (χ1v) is 7.29. The van der Waals surface area contributed by atoms with Crippen molar-refractivity contribution in [3.63, 3.8) is 0 Å². The molecule has 2 N–H and O–H groups in total. The van der Waals surface area contributed by atoms with Crippen LogP contribution in [0.4, 0.5) is 0 Å². The Balaban J connectivity index is 2.30. The summed E-state index contributed by atoms with van der Waals surface area (Å²) in [7, 11) is 1.41. The second-order valence-corrected chi connectivity index (χ2v) is 6.39. The van der Waals surface area contributed by atoms with Gasteiger partial charge < -0.3 is 24.4 Å². The molecule has 3 rings (SSSR count). The van der Waals surface area contributed by atoms with Crippen molar-refractivity contribution in [2.45, 2.75) is 51.4 Å². The number of hydrogen-bond acceptors (Lipinski definition) is 6. The topological polar surface area (TPSA) is 85.2 Å². The number of rotatable bonds is 1. The number of carbonyl (C=O) groups is 1. The van der Waals surface area contributed by atoms with Gasteiger partial charge in [-0.25, -0.2) is 4.79 Å². The maximum absolute atomic E-state index is 12.1. The summed E-state index contributed by atoms with van der Waals surface area (Å²) >= 11 is 0. The monoisotopic (exact) mass is 308 g/mol. The molecule has 0 radical (unpaired) electrons. The van der Waals surface area contributed by atoms with Gasteiger partial charge in [0.15, 0.2) is 17.6 Å². The van der Waals surface area contributed by atoms with Crippen LogP contribution in [0.25, 0.3) is 0 Å².